The van der Waals surface area contributed by atoms with Crippen LogP contribution in [-0.2, 0) is 11.2 Å². The molecule has 6 nitrogen and oxygen atoms in total. The monoisotopic (exact) mass is 348 g/mol. The van der Waals surface area contributed by atoms with Crippen LogP contribution >= 0.6 is 0 Å². The van der Waals surface area contributed by atoms with Crippen molar-refractivity contribution >= 4 is 5.91 Å². The van der Waals surface area contributed by atoms with Gasteiger partial charge in [-0.1, -0.05) is 36.4 Å². The largest absolute Gasteiger partial charge is 0.374 e. The van der Waals surface area contributed by atoms with E-state index in [9.17, 15) is 4.79 Å². The fourth-order valence-electron chi connectivity index (χ4n) is 3.22. The van der Waals surface area contributed by atoms with Crippen molar-refractivity contribution in [3.63, 3.8) is 0 Å². The molecule has 4 rings (SSSR count). The summed E-state index contributed by atoms with van der Waals surface area (Å²) in [5, 5.41) is 7.63. The van der Waals surface area contributed by atoms with Gasteiger partial charge in [0.05, 0.1) is 12.7 Å². The predicted octanol–water partition coefficient (Wildman–Crippen LogP) is 2.35. The molecule has 0 aliphatic carbocycles. The first-order valence-corrected chi connectivity index (χ1v) is 8.69. The second kappa shape index (κ2) is 7.49. The fraction of sp³-hybridized carbons (Fsp3) is 0.250. The lowest BCUT2D eigenvalue weighted by Crippen LogP contribution is -2.46. The third-order valence-electron chi connectivity index (χ3n) is 4.54. The van der Waals surface area contributed by atoms with Crippen LogP contribution in [0.4, 0.5) is 0 Å². The predicted molar refractivity (Wildman–Crippen MR) is 97.1 cm³/mol. The van der Waals surface area contributed by atoms with E-state index >= 15 is 0 Å². The summed E-state index contributed by atoms with van der Waals surface area (Å²) in [4.78, 5) is 14.8. The minimum absolute atomic E-state index is 0.0242. The van der Waals surface area contributed by atoms with Gasteiger partial charge in [-0.3, -0.25) is 9.36 Å². The molecule has 1 atom stereocenters. The molecule has 1 aromatic heterocycles. The zero-order valence-electron chi connectivity index (χ0n) is 14.4. The molecule has 0 saturated carbocycles. The fourth-order valence-corrected chi connectivity index (χ4v) is 3.22. The first kappa shape index (κ1) is 16.5. The maximum absolute atomic E-state index is 12.9. The first-order chi connectivity index (χ1) is 12.8. The van der Waals surface area contributed by atoms with Crippen molar-refractivity contribution < 1.29 is 9.53 Å². The molecule has 132 valence electrons. The van der Waals surface area contributed by atoms with Crippen LogP contribution in [0.25, 0.3) is 5.69 Å². The molecular weight excluding hydrogens is 328 g/mol. The standard InChI is InChI=1S/C20H20N4O2/c25-20(17-7-4-8-18(12-17)24-14-21-22-15-24)23-9-10-26-19(13-23)11-16-5-2-1-3-6-16/h1-8,12,14-15,19H,9-11,13H2. The smallest absolute Gasteiger partial charge is 0.254 e. The normalized spacial score (nSPS) is 17.2. The number of hydrogen-bond donors (Lipinski definition) is 0. The molecule has 2 aromatic carbocycles. The molecule has 1 fully saturated rings. The SMILES string of the molecule is O=C(c1cccc(-n2cnnc2)c1)N1CCOC(Cc2ccccc2)C1. The van der Waals surface area contributed by atoms with Crippen LogP contribution in [0.5, 0.6) is 0 Å². The van der Waals surface area contributed by atoms with Gasteiger partial charge in [-0.2, -0.15) is 0 Å². The van der Waals surface area contributed by atoms with E-state index in [1.807, 2.05) is 47.4 Å². The van der Waals surface area contributed by atoms with Crippen LogP contribution in [0.15, 0.2) is 67.3 Å². The highest BCUT2D eigenvalue weighted by molar-refractivity contribution is 5.94. The Hall–Kier alpha value is -2.99. The van der Waals surface area contributed by atoms with Crippen molar-refractivity contribution in [2.45, 2.75) is 12.5 Å². The molecule has 26 heavy (non-hydrogen) atoms. The van der Waals surface area contributed by atoms with Crippen LogP contribution in [0.1, 0.15) is 15.9 Å². The van der Waals surface area contributed by atoms with E-state index in [0.29, 0.717) is 25.3 Å². The van der Waals surface area contributed by atoms with Gasteiger partial charge in [0.1, 0.15) is 12.7 Å². The Morgan fingerprint density at radius 1 is 1.08 bits per heavy atom. The highest BCUT2D eigenvalue weighted by Crippen LogP contribution is 2.16. The van der Waals surface area contributed by atoms with Gasteiger partial charge in [-0.25, -0.2) is 0 Å². The molecule has 0 N–H and O–H groups in total. The lowest BCUT2D eigenvalue weighted by atomic mass is 10.1. The lowest BCUT2D eigenvalue weighted by molar-refractivity contribution is -0.0208. The van der Waals surface area contributed by atoms with E-state index in [-0.39, 0.29) is 12.0 Å². The van der Waals surface area contributed by atoms with Gasteiger partial charge in [0.2, 0.25) is 0 Å². The van der Waals surface area contributed by atoms with Crippen LogP contribution in [0.2, 0.25) is 0 Å². The number of aromatic nitrogens is 3. The van der Waals surface area contributed by atoms with Gasteiger partial charge < -0.3 is 9.64 Å². The zero-order chi connectivity index (χ0) is 17.8. The third kappa shape index (κ3) is 3.65. The van der Waals surface area contributed by atoms with Crippen molar-refractivity contribution in [3.8, 4) is 5.69 Å². The van der Waals surface area contributed by atoms with Crippen LogP contribution in [-0.4, -0.2) is 51.4 Å². The van der Waals surface area contributed by atoms with Crippen molar-refractivity contribution in [2.75, 3.05) is 19.7 Å². The van der Waals surface area contributed by atoms with Crippen molar-refractivity contribution in [1.82, 2.24) is 19.7 Å². The number of rotatable bonds is 4. The topological polar surface area (TPSA) is 60.2 Å². The zero-order valence-corrected chi connectivity index (χ0v) is 14.4. The van der Waals surface area contributed by atoms with Gasteiger partial charge in [0.25, 0.3) is 5.91 Å². The van der Waals surface area contributed by atoms with E-state index in [2.05, 4.69) is 22.3 Å². The average molecular weight is 348 g/mol. The summed E-state index contributed by atoms with van der Waals surface area (Å²) in [6.45, 7) is 1.78. The molecule has 1 saturated heterocycles. The Balaban J connectivity index is 1.47. The van der Waals surface area contributed by atoms with Crippen LogP contribution in [0.3, 0.4) is 0 Å². The Bertz CT molecular complexity index is 865. The van der Waals surface area contributed by atoms with Gasteiger partial charge in [-0.15, -0.1) is 10.2 Å². The summed E-state index contributed by atoms with van der Waals surface area (Å²) in [6.07, 6.45) is 4.07. The first-order valence-electron chi connectivity index (χ1n) is 8.69. The Labute approximate surface area is 152 Å². The number of morpholine rings is 1. The summed E-state index contributed by atoms with van der Waals surface area (Å²) in [5.74, 6) is 0.0290. The minimum Gasteiger partial charge on any atom is -0.374 e. The summed E-state index contributed by atoms with van der Waals surface area (Å²) >= 11 is 0. The Morgan fingerprint density at radius 2 is 1.88 bits per heavy atom. The molecule has 0 radical (unpaired) electrons. The van der Waals surface area contributed by atoms with E-state index < -0.39 is 0 Å². The molecule has 6 heteroatoms. The van der Waals surface area contributed by atoms with Crippen molar-refractivity contribution in [2.24, 2.45) is 0 Å². The van der Waals surface area contributed by atoms with Crippen LogP contribution in [0, 0.1) is 0 Å². The van der Waals surface area contributed by atoms with Crippen LogP contribution < -0.4 is 0 Å². The number of hydrogen-bond acceptors (Lipinski definition) is 4. The lowest BCUT2D eigenvalue weighted by Gasteiger charge is -2.33. The van der Waals surface area contributed by atoms with E-state index in [1.165, 1.54) is 5.56 Å². The third-order valence-corrected chi connectivity index (χ3v) is 4.54. The second-order valence-corrected chi connectivity index (χ2v) is 6.35. The molecule has 3 aromatic rings. The van der Waals surface area contributed by atoms with Gasteiger partial charge in [0.15, 0.2) is 0 Å². The molecule has 1 aliphatic rings. The molecule has 0 bridgehead atoms. The summed E-state index contributed by atoms with van der Waals surface area (Å²) < 4.78 is 7.65. The second-order valence-electron chi connectivity index (χ2n) is 6.35. The highest BCUT2D eigenvalue weighted by Gasteiger charge is 2.25. The number of benzene rings is 2. The summed E-state index contributed by atoms with van der Waals surface area (Å²) in [7, 11) is 0. The molecule has 0 spiro atoms. The molecule has 2 heterocycles. The molecule has 1 amide bonds. The minimum atomic E-state index is 0.0242. The quantitative estimate of drug-likeness (QED) is 0.726. The molecule has 1 aliphatic heterocycles. The van der Waals surface area contributed by atoms with Crippen molar-refractivity contribution in [1.29, 1.82) is 0 Å². The van der Waals surface area contributed by atoms with Gasteiger partial charge in [0, 0.05) is 30.8 Å². The number of amides is 1. The maximum Gasteiger partial charge on any atom is 0.254 e. The van der Waals surface area contributed by atoms with E-state index in [0.717, 1.165) is 12.1 Å². The summed E-state index contributed by atoms with van der Waals surface area (Å²) in [6, 6.07) is 17.8. The Morgan fingerprint density at radius 3 is 2.69 bits per heavy atom. The van der Waals surface area contributed by atoms with E-state index in [1.54, 1.807) is 17.2 Å². The van der Waals surface area contributed by atoms with Crippen molar-refractivity contribution in [3.05, 3.63) is 78.4 Å². The number of carbonyl (C=O) groups is 1. The summed E-state index contributed by atoms with van der Waals surface area (Å²) in [5.41, 5.74) is 2.76. The number of ether oxygens (including phenoxy) is 1. The number of carbonyl (C=O) groups excluding carboxylic acids is 1. The van der Waals surface area contributed by atoms with Gasteiger partial charge in [-0.05, 0) is 23.8 Å². The highest BCUT2D eigenvalue weighted by atomic mass is 16.5. The van der Waals surface area contributed by atoms with E-state index in [4.69, 9.17) is 4.74 Å². The number of nitrogens with zero attached hydrogens (tertiary/aromatic N) is 4. The molecule has 1 unspecified atom stereocenters. The maximum atomic E-state index is 12.9. The molecular formula is C20H20N4O2. The van der Waals surface area contributed by atoms with Gasteiger partial charge >= 0.3 is 0 Å². The Kier molecular flexibility index (Phi) is 4.75. The average Bonchev–Trinajstić information content (AvgIpc) is 3.23.